The molecule has 0 aliphatic rings. The number of methoxy groups -OCH3 is 1. The van der Waals surface area contributed by atoms with Crippen molar-refractivity contribution in [3.63, 3.8) is 0 Å². The van der Waals surface area contributed by atoms with Gasteiger partial charge in [0.15, 0.2) is 4.80 Å². The van der Waals surface area contributed by atoms with Crippen molar-refractivity contribution in [1.82, 2.24) is 9.88 Å². The summed E-state index contributed by atoms with van der Waals surface area (Å²) < 4.78 is 8.21. The van der Waals surface area contributed by atoms with Crippen LogP contribution in [-0.2, 0) is 11.8 Å². The molecule has 1 N–H and O–H groups in total. The zero-order chi connectivity index (χ0) is 20.8. The molecule has 0 fully saturated rings. The van der Waals surface area contributed by atoms with Crippen molar-refractivity contribution in [3.05, 3.63) is 58.9 Å². The Bertz CT molecular complexity index is 1090. The molecule has 8 heteroatoms. The van der Waals surface area contributed by atoms with E-state index in [1.807, 2.05) is 42.1 Å². The Morgan fingerprint density at radius 2 is 1.93 bits per heavy atom. The van der Waals surface area contributed by atoms with Crippen LogP contribution in [0.4, 0.5) is 0 Å². The van der Waals surface area contributed by atoms with E-state index < -0.39 is 6.04 Å². The third-order valence-corrected chi connectivity index (χ3v) is 6.24. The maximum atomic E-state index is 12.9. The topological polar surface area (TPSA) is 72.7 Å². The lowest BCUT2D eigenvalue weighted by atomic mass is 10.1. The number of hydrogen-bond donors (Lipinski definition) is 1. The molecular formula is C21H23N3O3S2. The second-order valence-electron chi connectivity index (χ2n) is 6.37. The maximum Gasteiger partial charge on any atom is 0.270 e. The minimum atomic E-state index is -0.704. The molecule has 3 rings (SSSR count). The first-order valence-electron chi connectivity index (χ1n) is 9.11. The number of amides is 2. The molecule has 0 saturated carbocycles. The second kappa shape index (κ2) is 9.76. The first-order chi connectivity index (χ1) is 14.0. The van der Waals surface area contributed by atoms with E-state index in [1.54, 1.807) is 36.0 Å². The standard InChI is InChI=1S/C21H23N3O3S2/c1-24-16-9-5-7-11-18(16)29-21(24)23-20(26)15(12-13-28-3)22-19(25)14-8-4-6-10-17(14)27-2/h4-11,15H,12-13H2,1-3H3,(H,22,25). The zero-order valence-corrected chi connectivity index (χ0v) is 18.2. The number of aromatic nitrogens is 1. The highest BCUT2D eigenvalue weighted by Gasteiger charge is 2.22. The van der Waals surface area contributed by atoms with Gasteiger partial charge >= 0.3 is 0 Å². The van der Waals surface area contributed by atoms with Gasteiger partial charge in [0.1, 0.15) is 11.8 Å². The van der Waals surface area contributed by atoms with Crippen molar-refractivity contribution in [2.75, 3.05) is 19.1 Å². The number of para-hydroxylation sites is 2. The minimum absolute atomic E-state index is 0.349. The maximum absolute atomic E-state index is 12.9. The number of nitrogens with zero attached hydrogens (tertiary/aromatic N) is 2. The lowest BCUT2D eigenvalue weighted by molar-refractivity contribution is -0.119. The number of aryl methyl sites for hydroxylation is 1. The summed E-state index contributed by atoms with van der Waals surface area (Å²) in [5.41, 5.74) is 1.41. The summed E-state index contributed by atoms with van der Waals surface area (Å²) in [6.45, 7) is 0. The molecule has 1 atom stereocenters. The number of hydrogen-bond acceptors (Lipinski definition) is 5. The molecular weight excluding hydrogens is 406 g/mol. The predicted octanol–water partition coefficient (Wildman–Crippen LogP) is 3.23. The van der Waals surface area contributed by atoms with Crippen LogP contribution in [0.3, 0.4) is 0 Å². The molecule has 1 unspecified atom stereocenters. The molecule has 152 valence electrons. The molecule has 2 aromatic carbocycles. The van der Waals surface area contributed by atoms with E-state index in [0.717, 1.165) is 16.0 Å². The third kappa shape index (κ3) is 4.89. The van der Waals surface area contributed by atoms with Gasteiger partial charge in [0.25, 0.3) is 11.8 Å². The van der Waals surface area contributed by atoms with Gasteiger partial charge in [-0.05, 0) is 42.7 Å². The van der Waals surface area contributed by atoms with Crippen molar-refractivity contribution in [3.8, 4) is 5.75 Å². The van der Waals surface area contributed by atoms with E-state index in [9.17, 15) is 9.59 Å². The third-order valence-electron chi connectivity index (χ3n) is 4.49. The summed E-state index contributed by atoms with van der Waals surface area (Å²) in [5.74, 6) is 0.493. The van der Waals surface area contributed by atoms with E-state index >= 15 is 0 Å². The minimum Gasteiger partial charge on any atom is -0.496 e. The SMILES string of the molecule is COc1ccccc1C(=O)NC(CCSC)C(=O)N=c1sc2ccccc2n1C. The van der Waals surface area contributed by atoms with Crippen molar-refractivity contribution in [2.24, 2.45) is 12.0 Å². The van der Waals surface area contributed by atoms with Gasteiger partial charge in [0.2, 0.25) is 0 Å². The van der Waals surface area contributed by atoms with Crippen LogP contribution in [0.15, 0.2) is 53.5 Å². The Hall–Kier alpha value is -2.58. The number of ether oxygens (including phenoxy) is 1. The van der Waals surface area contributed by atoms with Crippen LogP contribution < -0.4 is 14.9 Å². The highest BCUT2D eigenvalue weighted by molar-refractivity contribution is 7.98. The summed E-state index contributed by atoms with van der Waals surface area (Å²) in [7, 11) is 3.40. The lowest BCUT2D eigenvalue weighted by Crippen LogP contribution is -2.41. The summed E-state index contributed by atoms with van der Waals surface area (Å²) >= 11 is 3.07. The fourth-order valence-corrected chi connectivity index (χ4v) is 4.42. The molecule has 6 nitrogen and oxygen atoms in total. The number of benzene rings is 2. The molecule has 2 amide bonds. The number of nitrogens with one attached hydrogen (secondary N) is 1. The summed E-state index contributed by atoms with van der Waals surface area (Å²) in [4.78, 5) is 30.6. The molecule has 0 aliphatic carbocycles. The molecule has 1 aromatic heterocycles. The van der Waals surface area contributed by atoms with Crippen LogP contribution in [0, 0.1) is 0 Å². The number of thiazole rings is 1. The first-order valence-corrected chi connectivity index (χ1v) is 11.3. The average molecular weight is 430 g/mol. The molecule has 0 saturated heterocycles. The molecule has 1 heterocycles. The molecule has 0 bridgehead atoms. The average Bonchev–Trinajstić information content (AvgIpc) is 3.06. The highest BCUT2D eigenvalue weighted by Crippen LogP contribution is 2.18. The van der Waals surface area contributed by atoms with Crippen LogP contribution in [0.2, 0.25) is 0 Å². The van der Waals surface area contributed by atoms with Gasteiger partial charge in [-0.3, -0.25) is 9.59 Å². The van der Waals surface area contributed by atoms with Crippen LogP contribution in [0.25, 0.3) is 10.2 Å². The van der Waals surface area contributed by atoms with Crippen molar-refractivity contribution >= 4 is 45.1 Å². The number of thioether (sulfide) groups is 1. The summed E-state index contributed by atoms with van der Waals surface area (Å²) in [6, 6.07) is 14.1. The number of carbonyl (C=O) groups excluding carboxylic acids is 2. The van der Waals surface area contributed by atoms with Gasteiger partial charge in [-0.2, -0.15) is 16.8 Å². The number of rotatable bonds is 7. The largest absolute Gasteiger partial charge is 0.496 e. The van der Waals surface area contributed by atoms with E-state index in [4.69, 9.17) is 4.74 Å². The van der Waals surface area contributed by atoms with Crippen LogP contribution in [-0.4, -0.2) is 41.5 Å². The van der Waals surface area contributed by atoms with Crippen molar-refractivity contribution in [1.29, 1.82) is 0 Å². The Morgan fingerprint density at radius 3 is 2.66 bits per heavy atom. The van der Waals surface area contributed by atoms with Crippen LogP contribution in [0.1, 0.15) is 16.8 Å². The monoisotopic (exact) mass is 429 g/mol. The van der Waals surface area contributed by atoms with E-state index in [1.165, 1.54) is 18.4 Å². The molecule has 0 aliphatic heterocycles. The van der Waals surface area contributed by atoms with Gasteiger partial charge in [-0.25, -0.2) is 0 Å². The fourth-order valence-electron chi connectivity index (χ4n) is 2.92. The Morgan fingerprint density at radius 1 is 1.21 bits per heavy atom. The zero-order valence-electron chi connectivity index (χ0n) is 16.5. The van der Waals surface area contributed by atoms with E-state index in [2.05, 4.69) is 10.3 Å². The fraction of sp³-hybridized carbons (Fsp3) is 0.286. The first kappa shape index (κ1) is 21.1. The Kier molecular flexibility index (Phi) is 7.11. The lowest BCUT2D eigenvalue weighted by Gasteiger charge is -2.16. The van der Waals surface area contributed by atoms with Gasteiger partial charge in [-0.15, -0.1) is 0 Å². The van der Waals surface area contributed by atoms with E-state index in [0.29, 0.717) is 22.5 Å². The molecule has 29 heavy (non-hydrogen) atoms. The van der Waals surface area contributed by atoms with Gasteiger partial charge in [-0.1, -0.05) is 35.6 Å². The number of fused-ring (bicyclic) bond motifs is 1. The molecule has 0 spiro atoms. The second-order valence-corrected chi connectivity index (χ2v) is 8.36. The Labute approximate surface area is 177 Å². The van der Waals surface area contributed by atoms with Crippen molar-refractivity contribution < 1.29 is 14.3 Å². The summed E-state index contributed by atoms with van der Waals surface area (Å²) in [5, 5.41) is 2.84. The Balaban J connectivity index is 1.88. The van der Waals surface area contributed by atoms with Crippen LogP contribution in [0.5, 0.6) is 5.75 Å². The number of carbonyl (C=O) groups is 2. The van der Waals surface area contributed by atoms with E-state index in [-0.39, 0.29) is 11.8 Å². The summed E-state index contributed by atoms with van der Waals surface area (Å²) in [6.07, 6.45) is 2.46. The molecule has 0 radical (unpaired) electrons. The smallest absolute Gasteiger partial charge is 0.270 e. The highest BCUT2D eigenvalue weighted by atomic mass is 32.2. The van der Waals surface area contributed by atoms with Crippen LogP contribution >= 0.6 is 23.1 Å². The normalized spacial score (nSPS) is 12.7. The van der Waals surface area contributed by atoms with Gasteiger partial charge < -0.3 is 14.6 Å². The van der Waals surface area contributed by atoms with Gasteiger partial charge in [0, 0.05) is 7.05 Å². The predicted molar refractivity (Wildman–Crippen MR) is 119 cm³/mol. The van der Waals surface area contributed by atoms with Gasteiger partial charge in [0.05, 0.1) is 22.9 Å². The quantitative estimate of drug-likeness (QED) is 0.626. The van der Waals surface area contributed by atoms with Crippen molar-refractivity contribution in [2.45, 2.75) is 12.5 Å². The molecule has 3 aromatic rings.